The monoisotopic (exact) mass is 352 g/mol. The lowest BCUT2D eigenvalue weighted by atomic mass is 10.1. The second kappa shape index (κ2) is 7.90. The van der Waals surface area contributed by atoms with E-state index < -0.39 is 5.97 Å². The van der Waals surface area contributed by atoms with Gasteiger partial charge in [-0.2, -0.15) is 0 Å². The van der Waals surface area contributed by atoms with E-state index in [0.29, 0.717) is 21.5 Å². The largest absolute Gasteiger partial charge is 0.496 e. The Morgan fingerprint density at radius 1 is 1.22 bits per heavy atom. The van der Waals surface area contributed by atoms with Crippen molar-refractivity contribution in [2.75, 3.05) is 7.11 Å². The molecule has 0 saturated carbocycles. The molecule has 0 saturated heterocycles. The number of benzene rings is 2. The van der Waals surface area contributed by atoms with Gasteiger partial charge in [0.1, 0.15) is 12.4 Å². The molecule has 2 aromatic carbocycles. The van der Waals surface area contributed by atoms with Crippen LogP contribution in [0.3, 0.4) is 0 Å². The van der Waals surface area contributed by atoms with Crippen LogP contribution in [0.5, 0.6) is 11.5 Å². The van der Waals surface area contributed by atoms with E-state index in [1.54, 1.807) is 43.5 Å². The molecule has 1 N–H and O–H groups in total. The van der Waals surface area contributed by atoms with E-state index in [2.05, 4.69) is 0 Å². The predicted molar refractivity (Wildman–Crippen MR) is 90.5 cm³/mol. The molecular weight excluding hydrogens is 339 g/mol. The van der Waals surface area contributed by atoms with Gasteiger partial charge in [0.25, 0.3) is 0 Å². The topological polar surface area (TPSA) is 55.8 Å². The first-order valence-corrected chi connectivity index (χ1v) is 7.41. The molecule has 6 heteroatoms. The molecule has 0 aliphatic rings. The molecule has 120 valence electrons. The van der Waals surface area contributed by atoms with E-state index in [9.17, 15) is 4.79 Å². The average Bonchev–Trinajstić information content (AvgIpc) is 2.52. The van der Waals surface area contributed by atoms with Gasteiger partial charge in [0, 0.05) is 11.6 Å². The van der Waals surface area contributed by atoms with E-state index in [4.69, 9.17) is 37.8 Å². The van der Waals surface area contributed by atoms with Crippen LogP contribution in [0.25, 0.3) is 6.08 Å². The fourth-order valence-corrected chi connectivity index (χ4v) is 2.46. The van der Waals surface area contributed by atoms with E-state index in [1.807, 2.05) is 0 Å². The zero-order valence-electron chi connectivity index (χ0n) is 12.3. The molecule has 0 aromatic heterocycles. The molecule has 0 unspecified atom stereocenters. The molecule has 2 aromatic rings. The number of halogens is 2. The number of carbonyl (C=O) groups is 1. The maximum atomic E-state index is 10.6. The summed E-state index contributed by atoms with van der Waals surface area (Å²) in [5, 5.41) is 9.52. The third kappa shape index (κ3) is 4.65. The lowest BCUT2D eigenvalue weighted by Gasteiger charge is -2.13. The molecule has 0 heterocycles. The maximum absolute atomic E-state index is 10.6. The highest BCUT2D eigenvalue weighted by atomic mass is 35.5. The van der Waals surface area contributed by atoms with Crippen molar-refractivity contribution in [3.63, 3.8) is 0 Å². The Kier molecular flexibility index (Phi) is 5.90. The molecular formula is C17H14Cl2O4. The van der Waals surface area contributed by atoms with Crippen LogP contribution in [0.4, 0.5) is 0 Å². The molecule has 0 spiro atoms. The highest BCUT2D eigenvalue weighted by Gasteiger charge is 2.10. The summed E-state index contributed by atoms with van der Waals surface area (Å²) in [6, 6.07) is 10.4. The van der Waals surface area contributed by atoms with Crippen LogP contribution in [0, 0.1) is 0 Å². The number of rotatable bonds is 6. The number of hydrogen-bond donors (Lipinski definition) is 1. The van der Waals surface area contributed by atoms with Gasteiger partial charge in [-0.1, -0.05) is 35.3 Å². The first kappa shape index (κ1) is 17.2. The average molecular weight is 353 g/mol. The summed E-state index contributed by atoms with van der Waals surface area (Å²) in [5.74, 6) is 0.00601. The Morgan fingerprint density at radius 3 is 2.52 bits per heavy atom. The van der Waals surface area contributed by atoms with Crippen LogP contribution in [0.1, 0.15) is 11.1 Å². The number of methoxy groups -OCH3 is 1. The summed E-state index contributed by atoms with van der Waals surface area (Å²) < 4.78 is 11.0. The molecule has 0 aliphatic heterocycles. The number of para-hydroxylation sites is 1. The molecule has 0 fully saturated rings. The number of carboxylic acid groups (broad SMARTS) is 1. The molecule has 0 atom stereocenters. The van der Waals surface area contributed by atoms with Crippen LogP contribution >= 0.6 is 23.2 Å². The number of ether oxygens (including phenoxy) is 2. The van der Waals surface area contributed by atoms with Gasteiger partial charge in [-0.25, -0.2) is 4.79 Å². The van der Waals surface area contributed by atoms with E-state index in [-0.39, 0.29) is 6.61 Å². The predicted octanol–water partition coefficient (Wildman–Crippen LogP) is 4.68. The fourth-order valence-electron chi connectivity index (χ4n) is 1.95. The third-order valence-electron chi connectivity index (χ3n) is 3.01. The third-order valence-corrected chi connectivity index (χ3v) is 3.61. The van der Waals surface area contributed by atoms with Crippen LogP contribution in [-0.4, -0.2) is 18.2 Å². The van der Waals surface area contributed by atoms with Crippen molar-refractivity contribution in [2.45, 2.75) is 6.61 Å². The Balaban J connectivity index is 2.24. The standard InChI is InChI=1S/C17H14Cl2O4/c1-22-15-7-5-11(6-8-16(20)21)9-12(15)10-23-17-13(18)3-2-4-14(17)19/h2-9H,10H2,1H3,(H,20,21)/b8-6+. The van der Waals surface area contributed by atoms with E-state index >= 15 is 0 Å². The Labute approximate surface area is 143 Å². The van der Waals surface area contributed by atoms with Gasteiger partial charge in [-0.05, 0) is 35.9 Å². The molecule has 23 heavy (non-hydrogen) atoms. The van der Waals surface area contributed by atoms with Gasteiger partial charge in [0.05, 0.1) is 17.2 Å². The second-order valence-corrected chi connectivity index (χ2v) is 5.40. The first-order valence-electron chi connectivity index (χ1n) is 6.66. The van der Waals surface area contributed by atoms with Gasteiger partial charge in [0.2, 0.25) is 0 Å². The lowest BCUT2D eigenvalue weighted by molar-refractivity contribution is -0.131. The molecule has 0 amide bonds. The van der Waals surface area contributed by atoms with Crippen LogP contribution in [0.15, 0.2) is 42.5 Å². The van der Waals surface area contributed by atoms with Crippen molar-refractivity contribution < 1.29 is 19.4 Å². The minimum Gasteiger partial charge on any atom is -0.496 e. The van der Waals surface area contributed by atoms with E-state index in [1.165, 1.54) is 6.08 Å². The van der Waals surface area contributed by atoms with Crippen LogP contribution in [-0.2, 0) is 11.4 Å². The zero-order chi connectivity index (χ0) is 16.8. The summed E-state index contributed by atoms with van der Waals surface area (Å²) in [5.41, 5.74) is 1.47. The number of carboxylic acids is 1. The van der Waals surface area contributed by atoms with Gasteiger partial charge in [-0.15, -0.1) is 0 Å². The van der Waals surface area contributed by atoms with Crippen molar-refractivity contribution in [1.82, 2.24) is 0 Å². The zero-order valence-corrected chi connectivity index (χ0v) is 13.8. The van der Waals surface area contributed by atoms with Crippen molar-refractivity contribution in [3.8, 4) is 11.5 Å². The van der Waals surface area contributed by atoms with Crippen molar-refractivity contribution in [2.24, 2.45) is 0 Å². The quantitative estimate of drug-likeness (QED) is 0.767. The molecule has 2 rings (SSSR count). The summed E-state index contributed by atoms with van der Waals surface area (Å²) in [6.45, 7) is 0.182. The summed E-state index contributed by atoms with van der Waals surface area (Å²) in [6.07, 6.45) is 2.56. The molecule has 4 nitrogen and oxygen atoms in total. The Morgan fingerprint density at radius 2 is 1.91 bits per heavy atom. The van der Waals surface area contributed by atoms with Gasteiger partial charge in [-0.3, -0.25) is 0 Å². The summed E-state index contributed by atoms with van der Waals surface area (Å²) in [4.78, 5) is 10.6. The van der Waals surface area contributed by atoms with E-state index in [0.717, 1.165) is 17.2 Å². The number of aliphatic carboxylic acids is 1. The lowest BCUT2D eigenvalue weighted by Crippen LogP contribution is -2.00. The second-order valence-electron chi connectivity index (χ2n) is 4.58. The Hall–Kier alpha value is -2.17. The Bertz CT molecular complexity index is 721. The fraction of sp³-hybridized carbons (Fsp3) is 0.118. The molecule has 0 aliphatic carbocycles. The maximum Gasteiger partial charge on any atom is 0.328 e. The minimum absolute atomic E-state index is 0.182. The number of hydrogen-bond acceptors (Lipinski definition) is 3. The first-order chi connectivity index (χ1) is 11.0. The van der Waals surface area contributed by atoms with Crippen molar-refractivity contribution >= 4 is 35.2 Å². The molecule has 0 bridgehead atoms. The summed E-state index contributed by atoms with van der Waals surface area (Å²) >= 11 is 12.1. The van der Waals surface area contributed by atoms with Crippen LogP contribution < -0.4 is 9.47 Å². The highest BCUT2D eigenvalue weighted by Crippen LogP contribution is 2.33. The molecule has 0 radical (unpaired) electrons. The van der Waals surface area contributed by atoms with Gasteiger partial charge >= 0.3 is 5.97 Å². The smallest absolute Gasteiger partial charge is 0.328 e. The van der Waals surface area contributed by atoms with Crippen LogP contribution in [0.2, 0.25) is 10.0 Å². The van der Waals surface area contributed by atoms with Gasteiger partial charge in [0.15, 0.2) is 5.75 Å². The highest BCUT2D eigenvalue weighted by molar-refractivity contribution is 6.37. The van der Waals surface area contributed by atoms with Crippen molar-refractivity contribution in [1.29, 1.82) is 0 Å². The van der Waals surface area contributed by atoms with Gasteiger partial charge < -0.3 is 14.6 Å². The normalized spacial score (nSPS) is 10.7. The SMILES string of the molecule is COc1ccc(/C=C/C(=O)O)cc1COc1c(Cl)cccc1Cl. The summed E-state index contributed by atoms with van der Waals surface area (Å²) in [7, 11) is 1.55. The van der Waals surface area contributed by atoms with Crippen molar-refractivity contribution in [3.05, 3.63) is 63.6 Å². The minimum atomic E-state index is -1.01.